The van der Waals surface area contributed by atoms with Gasteiger partial charge in [0.2, 0.25) is 0 Å². The molecule has 0 amide bonds. The molecule has 0 aliphatic heterocycles. The van der Waals surface area contributed by atoms with E-state index in [2.05, 4.69) is 131 Å². The monoisotopic (exact) mass is 515 g/mol. The van der Waals surface area contributed by atoms with E-state index in [1.165, 1.54) is 33.4 Å². The van der Waals surface area contributed by atoms with E-state index in [1.54, 1.807) is 12.0 Å². The minimum atomic E-state index is -3.09. The topological polar surface area (TPSA) is 0 Å². The van der Waals surface area contributed by atoms with Gasteiger partial charge in [-0.15, -0.1) is 0 Å². The van der Waals surface area contributed by atoms with Crippen LogP contribution in [-0.2, 0) is 19.8 Å². The molecule has 34 heavy (non-hydrogen) atoms. The predicted octanol–water partition coefficient (Wildman–Crippen LogP) is 7.83. The van der Waals surface area contributed by atoms with Crippen LogP contribution in [0.5, 0.6) is 0 Å². The molecular formula is C33H29Zr. The second-order valence-electron chi connectivity index (χ2n) is 9.89. The van der Waals surface area contributed by atoms with Crippen molar-refractivity contribution < 1.29 is 19.8 Å². The van der Waals surface area contributed by atoms with Crippen molar-refractivity contribution in [2.75, 3.05) is 0 Å². The first kappa shape index (κ1) is 21.6. The second-order valence-corrected chi connectivity index (χ2v) is 20.4. The summed E-state index contributed by atoms with van der Waals surface area (Å²) in [4.78, 5) is 0. The standard InChI is InChI=1S/C18H13.C13H10.2CH3.Zr/c1-2-8-13(7-1)18-16-11-5-3-9-14(16)15-10-4-6-12-17(15)18;1-3-7-12(8-4-1)11-13-9-5-2-6-10-13;;;/h1-7,9-11,18H,8H2;1-10H;2*1H3;. The fourth-order valence-corrected chi connectivity index (χ4v) is 14.7. The summed E-state index contributed by atoms with van der Waals surface area (Å²) in [5.41, 5.74) is 10.2. The minimum absolute atomic E-state index is 0.362. The van der Waals surface area contributed by atoms with E-state index >= 15 is 0 Å². The molecule has 0 aromatic heterocycles. The number of hydrogen-bond acceptors (Lipinski definition) is 0. The molecule has 0 saturated carbocycles. The van der Waals surface area contributed by atoms with Gasteiger partial charge in [-0.25, -0.2) is 0 Å². The van der Waals surface area contributed by atoms with E-state index in [1.807, 2.05) is 0 Å². The fraction of sp³-hybridized carbons (Fsp3) is 0.121. The number of hydrogen-bond donors (Lipinski definition) is 0. The summed E-state index contributed by atoms with van der Waals surface area (Å²) in [6.07, 6.45) is 7.95. The average Bonchev–Trinajstić information content (AvgIpc) is 3.51. The average molecular weight is 517 g/mol. The molecule has 0 heterocycles. The van der Waals surface area contributed by atoms with Crippen LogP contribution >= 0.6 is 0 Å². The molecule has 0 spiro atoms. The van der Waals surface area contributed by atoms with Crippen molar-refractivity contribution in [3.8, 4) is 11.1 Å². The first-order valence-electron chi connectivity index (χ1n) is 12.2. The van der Waals surface area contributed by atoms with E-state index in [0.717, 1.165) is 6.42 Å². The Morgan fingerprint density at radius 3 is 1.94 bits per heavy atom. The summed E-state index contributed by atoms with van der Waals surface area (Å²) < 4.78 is 8.43. The van der Waals surface area contributed by atoms with Crippen LogP contribution in [0.1, 0.15) is 34.6 Å². The maximum absolute atomic E-state index is 3.09. The summed E-state index contributed by atoms with van der Waals surface area (Å²) in [6.45, 7) is 0. The van der Waals surface area contributed by atoms with E-state index in [4.69, 9.17) is 0 Å². The van der Waals surface area contributed by atoms with Gasteiger partial charge in [-0.3, -0.25) is 0 Å². The molecule has 2 aliphatic rings. The second kappa shape index (κ2) is 8.72. The molecule has 4 aromatic carbocycles. The van der Waals surface area contributed by atoms with Gasteiger partial charge in [-0.2, -0.15) is 0 Å². The third kappa shape index (κ3) is 3.50. The Morgan fingerprint density at radius 1 is 0.676 bits per heavy atom. The van der Waals surface area contributed by atoms with Gasteiger partial charge in [0.1, 0.15) is 0 Å². The Hall–Kier alpha value is -2.89. The van der Waals surface area contributed by atoms with Crippen molar-refractivity contribution in [1.29, 1.82) is 0 Å². The molecular weight excluding hydrogens is 488 g/mol. The molecule has 0 radical (unpaired) electrons. The van der Waals surface area contributed by atoms with Crippen molar-refractivity contribution in [3.63, 3.8) is 0 Å². The Bertz CT molecular complexity index is 1440. The molecule has 0 nitrogen and oxygen atoms in total. The summed E-state index contributed by atoms with van der Waals surface area (Å²) in [7, 11) is 0. The SMILES string of the molecule is [CH3][Zr]([CH3])(=[C](c1ccccc1)c1ccccc1)[c]1cccc2c1C(C1=CC=CC1)c1ccccc1-2. The molecule has 165 valence electrons. The maximum atomic E-state index is 2.61. The Balaban J connectivity index is 1.68. The van der Waals surface area contributed by atoms with Crippen LogP contribution in [0.2, 0.25) is 9.26 Å². The fourth-order valence-electron chi connectivity index (χ4n) is 6.10. The molecule has 0 saturated heterocycles. The van der Waals surface area contributed by atoms with Gasteiger partial charge in [0.05, 0.1) is 0 Å². The summed E-state index contributed by atoms with van der Waals surface area (Å²) in [6, 6.07) is 38.4. The predicted molar refractivity (Wildman–Crippen MR) is 143 cm³/mol. The molecule has 4 aromatic rings. The molecule has 6 rings (SSSR count). The van der Waals surface area contributed by atoms with Gasteiger partial charge in [-0.1, -0.05) is 0 Å². The number of allylic oxidation sites excluding steroid dienone is 4. The van der Waals surface area contributed by atoms with E-state index in [9.17, 15) is 0 Å². The quantitative estimate of drug-likeness (QED) is 0.259. The van der Waals surface area contributed by atoms with Crippen LogP contribution in [0.4, 0.5) is 0 Å². The van der Waals surface area contributed by atoms with Gasteiger partial charge in [0, 0.05) is 0 Å². The van der Waals surface area contributed by atoms with Crippen LogP contribution in [0, 0.1) is 0 Å². The molecule has 0 fully saturated rings. The van der Waals surface area contributed by atoms with Crippen molar-refractivity contribution >= 4 is 6.48 Å². The first-order valence-corrected chi connectivity index (χ1v) is 19.6. The zero-order valence-electron chi connectivity index (χ0n) is 19.8. The third-order valence-corrected chi connectivity index (χ3v) is 16.4. The number of rotatable bonds is 4. The van der Waals surface area contributed by atoms with Gasteiger partial charge < -0.3 is 0 Å². The van der Waals surface area contributed by atoms with E-state index in [-0.39, 0.29) is 0 Å². The molecule has 2 aliphatic carbocycles. The molecule has 1 unspecified atom stereocenters. The number of benzene rings is 4. The zero-order chi connectivity index (χ0) is 23.1. The van der Waals surface area contributed by atoms with Crippen LogP contribution in [-0.4, -0.2) is 3.21 Å². The Labute approximate surface area is 207 Å². The van der Waals surface area contributed by atoms with Crippen molar-refractivity contribution in [3.05, 3.63) is 149 Å². The van der Waals surface area contributed by atoms with Crippen LogP contribution in [0.3, 0.4) is 0 Å². The van der Waals surface area contributed by atoms with E-state index < -0.39 is 19.8 Å². The van der Waals surface area contributed by atoms with Crippen LogP contribution < -0.4 is 3.27 Å². The first-order chi connectivity index (χ1) is 16.7. The Kier molecular flexibility index (Phi) is 5.55. The molecule has 1 atom stereocenters. The molecule has 0 N–H and O–H groups in total. The van der Waals surface area contributed by atoms with Crippen LogP contribution in [0.25, 0.3) is 11.1 Å². The summed E-state index contributed by atoms with van der Waals surface area (Å²) in [5.74, 6) is 0.362. The summed E-state index contributed by atoms with van der Waals surface area (Å²) in [5, 5.41) is 0. The van der Waals surface area contributed by atoms with Gasteiger partial charge >= 0.3 is 208 Å². The van der Waals surface area contributed by atoms with Crippen LogP contribution in [0.15, 0.2) is 127 Å². The zero-order valence-corrected chi connectivity index (χ0v) is 22.3. The van der Waals surface area contributed by atoms with E-state index in [0.29, 0.717) is 5.92 Å². The van der Waals surface area contributed by atoms with Gasteiger partial charge in [0.25, 0.3) is 0 Å². The summed E-state index contributed by atoms with van der Waals surface area (Å²) >= 11 is -3.09. The third-order valence-electron chi connectivity index (χ3n) is 7.55. The Morgan fingerprint density at radius 2 is 1.29 bits per heavy atom. The normalized spacial score (nSPS) is 16.2. The van der Waals surface area contributed by atoms with Gasteiger partial charge in [-0.05, 0) is 0 Å². The van der Waals surface area contributed by atoms with Crippen molar-refractivity contribution in [2.24, 2.45) is 0 Å². The van der Waals surface area contributed by atoms with Crippen molar-refractivity contribution in [1.82, 2.24) is 0 Å². The number of fused-ring (bicyclic) bond motifs is 3. The molecule has 0 bridgehead atoms. The molecule has 1 heteroatoms. The van der Waals surface area contributed by atoms with Crippen molar-refractivity contribution in [2.45, 2.75) is 21.6 Å². The van der Waals surface area contributed by atoms with Gasteiger partial charge in [0.15, 0.2) is 0 Å².